The van der Waals surface area contributed by atoms with Gasteiger partial charge in [-0.25, -0.2) is 15.0 Å². The molecule has 11 aromatic rings. The van der Waals surface area contributed by atoms with Gasteiger partial charge in [0.1, 0.15) is 0 Å². The molecule has 0 fully saturated rings. The molecule has 3 aromatic heterocycles. The summed E-state index contributed by atoms with van der Waals surface area (Å²) in [6, 6.07) is 70.4. The summed E-state index contributed by atoms with van der Waals surface area (Å²) in [6.07, 6.45) is 0. The lowest BCUT2D eigenvalue weighted by atomic mass is 9.97. The minimum absolute atomic E-state index is 0.611. The second-order valence-electron chi connectivity index (χ2n) is 14.0. The van der Waals surface area contributed by atoms with Crippen molar-refractivity contribution in [1.29, 1.82) is 0 Å². The van der Waals surface area contributed by atoms with Crippen LogP contribution in [0, 0.1) is 0 Å². The van der Waals surface area contributed by atoms with Gasteiger partial charge in [0.2, 0.25) is 0 Å². The van der Waals surface area contributed by atoms with Gasteiger partial charge in [-0.1, -0.05) is 152 Å². The van der Waals surface area contributed by atoms with Crippen molar-refractivity contribution in [3.8, 4) is 56.7 Å². The SMILES string of the molecule is c1ccc(-c2nc(-c3ccccc3)nc(-c3ccc(-c4cccc5c4c4ccccc4n5-c4ccccc4)cc3-n3c4ccccc4c4ccccc43)n2)cc1. The number of benzene rings is 8. The van der Waals surface area contributed by atoms with Gasteiger partial charge >= 0.3 is 0 Å². The van der Waals surface area contributed by atoms with Crippen molar-refractivity contribution in [2.75, 3.05) is 0 Å². The minimum atomic E-state index is 0.611. The van der Waals surface area contributed by atoms with Crippen LogP contribution in [0.3, 0.4) is 0 Å². The summed E-state index contributed by atoms with van der Waals surface area (Å²) in [4.78, 5) is 15.5. The molecule has 0 bridgehead atoms. The van der Waals surface area contributed by atoms with Crippen LogP contribution in [0.4, 0.5) is 0 Å². The molecule has 0 saturated heterocycles. The van der Waals surface area contributed by atoms with Crippen LogP contribution in [0.15, 0.2) is 200 Å². The van der Waals surface area contributed by atoms with Crippen LogP contribution in [0.2, 0.25) is 0 Å². The smallest absolute Gasteiger partial charge is 0.166 e. The molecule has 0 unspecified atom stereocenters. The van der Waals surface area contributed by atoms with Crippen molar-refractivity contribution >= 4 is 43.6 Å². The van der Waals surface area contributed by atoms with E-state index in [-0.39, 0.29) is 0 Å². The fourth-order valence-electron chi connectivity index (χ4n) is 8.30. The molecule has 8 aromatic carbocycles. The Morgan fingerprint density at radius 1 is 0.304 bits per heavy atom. The Morgan fingerprint density at radius 3 is 1.39 bits per heavy atom. The highest BCUT2D eigenvalue weighted by molar-refractivity contribution is 6.16. The van der Waals surface area contributed by atoms with Gasteiger partial charge in [0.25, 0.3) is 0 Å². The van der Waals surface area contributed by atoms with Crippen molar-refractivity contribution in [3.05, 3.63) is 200 Å². The minimum Gasteiger partial charge on any atom is -0.309 e. The monoisotopic (exact) mass is 715 g/mol. The fourth-order valence-corrected chi connectivity index (χ4v) is 8.30. The first-order valence-electron chi connectivity index (χ1n) is 18.9. The molecular formula is C51H33N5. The van der Waals surface area contributed by atoms with E-state index in [1.165, 1.54) is 27.1 Å². The lowest BCUT2D eigenvalue weighted by Gasteiger charge is -2.17. The van der Waals surface area contributed by atoms with Gasteiger partial charge in [-0.3, -0.25) is 0 Å². The average Bonchev–Trinajstić information content (AvgIpc) is 3.80. The van der Waals surface area contributed by atoms with Gasteiger partial charge in [0.05, 0.1) is 27.8 Å². The molecule has 0 atom stereocenters. The highest BCUT2D eigenvalue weighted by atomic mass is 15.1. The van der Waals surface area contributed by atoms with Gasteiger partial charge in [0, 0.05) is 43.9 Å². The zero-order valence-corrected chi connectivity index (χ0v) is 30.3. The molecule has 262 valence electrons. The van der Waals surface area contributed by atoms with Crippen molar-refractivity contribution < 1.29 is 0 Å². The molecule has 56 heavy (non-hydrogen) atoms. The van der Waals surface area contributed by atoms with E-state index >= 15 is 0 Å². The number of hydrogen-bond acceptors (Lipinski definition) is 3. The van der Waals surface area contributed by atoms with Gasteiger partial charge < -0.3 is 9.13 Å². The lowest BCUT2D eigenvalue weighted by molar-refractivity contribution is 1.06. The van der Waals surface area contributed by atoms with Gasteiger partial charge in [0.15, 0.2) is 17.5 Å². The van der Waals surface area contributed by atoms with Crippen LogP contribution in [0.5, 0.6) is 0 Å². The summed E-state index contributed by atoms with van der Waals surface area (Å²) in [6.45, 7) is 0. The Hall–Kier alpha value is -7.63. The molecule has 0 aliphatic carbocycles. The third-order valence-electron chi connectivity index (χ3n) is 10.8. The zero-order valence-electron chi connectivity index (χ0n) is 30.3. The molecule has 0 spiro atoms. The summed E-state index contributed by atoms with van der Waals surface area (Å²) in [7, 11) is 0. The molecule has 3 heterocycles. The van der Waals surface area contributed by atoms with Crippen LogP contribution >= 0.6 is 0 Å². The number of hydrogen-bond donors (Lipinski definition) is 0. The summed E-state index contributed by atoms with van der Waals surface area (Å²) in [5, 5.41) is 4.81. The lowest BCUT2D eigenvalue weighted by Crippen LogP contribution is -2.04. The van der Waals surface area contributed by atoms with Gasteiger partial charge in [-0.2, -0.15) is 0 Å². The van der Waals surface area contributed by atoms with Gasteiger partial charge in [-0.15, -0.1) is 0 Å². The predicted molar refractivity (Wildman–Crippen MR) is 230 cm³/mol. The molecule has 5 nitrogen and oxygen atoms in total. The number of para-hydroxylation sites is 4. The Labute approximate surface area is 323 Å². The van der Waals surface area contributed by atoms with E-state index in [2.05, 4.69) is 173 Å². The summed E-state index contributed by atoms with van der Waals surface area (Å²) in [5.41, 5.74) is 11.7. The van der Waals surface area contributed by atoms with E-state index in [9.17, 15) is 0 Å². The maximum absolute atomic E-state index is 5.22. The molecule has 0 saturated carbocycles. The Balaban J connectivity index is 1.23. The second kappa shape index (κ2) is 13.0. The molecule has 0 amide bonds. The summed E-state index contributed by atoms with van der Waals surface area (Å²) in [5.74, 6) is 1.87. The van der Waals surface area contributed by atoms with Crippen molar-refractivity contribution in [3.63, 3.8) is 0 Å². The van der Waals surface area contributed by atoms with E-state index in [1.807, 2.05) is 36.4 Å². The molecule has 5 heteroatoms. The van der Waals surface area contributed by atoms with Crippen LogP contribution < -0.4 is 0 Å². The van der Waals surface area contributed by atoms with E-state index in [4.69, 9.17) is 15.0 Å². The van der Waals surface area contributed by atoms with Crippen LogP contribution in [0.1, 0.15) is 0 Å². The predicted octanol–water partition coefficient (Wildman–Crippen LogP) is 12.7. The van der Waals surface area contributed by atoms with E-state index in [1.54, 1.807) is 0 Å². The van der Waals surface area contributed by atoms with Crippen molar-refractivity contribution in [2.45, 2.75) is 0 Å². The van der Waals surface area contributed by atoms with Crippen LogP contribution in [-0.4, -0.2) is 24.1 Å². The first kappa shape index (κ1) is 31.9. The quantitative estimate of drug-likeness (QED) is 0.172. The Morgan fingerprint density at radius 2 is 0.786 bits per heavy atom. The Kier molecular flexibility index (Phi) is 7.42. The van der Waals surface area contributed by atoms with E-state index < -0.39 is 0 Å². The van der Waals surface area contributed by atoms with Gasteiger partial charge in [-0.05, 0) is 59.7 Å². The zero-order chi connectivity index (χ0) is 37.0. The molecule has 0 radical (unpaired) electrons. The number of rotatable bonds is 6. The maximum atomic E-state index is 5.22. The largest absolute Gasteiger partial charge is 0.309 e. The molecule has 0 N–H and O–H groups in total. The highest BCUT2D eigenvalue weighted by Gasteiger charge is 2.22. The van der Waals surface area contributed by atoms with E-state index in [0.29, 0.717) is 17.5 Å². The fraction of sp³-hybridized carbons (Fsp3) is 0. The molecule has 0 aliphatic heterocycles. The van der Waals surface area contributed by atoms with E-state index in [0.717, 1.165) is 55.7 Å². The first-order valence-corrected chi connectivity index (χ1v) is 18.9. The van der Waals surface area contributed by atoms with Crippen LogP contribution in [0.25, 0.3) is 100 Å². The topological polar surface area (TPSA) is 48.5 Å². The molecule has 11 rings (SSSR count). The molecule has 0 aliphatic rings. The summed E-state index contributed by atoms with van der Waals surface area (Å²) >= 11 is 0. The first-order chi connectivity index (χ1) is 27.8. The normalized spacial score (nSPS) is 11.6. The Bertz CT molecular complexity index is 3120. The number of aromatic nitrogens is 5. The standard InChI is InChI=1S/C51H33N5/c1-4-17-34(18-5-1)49-52-50(35-19-6-2-7-20-35)54-51(53-49)42-32-31-36(33-47(42)56-43-27-13-10-23-39(43)40-24-11-14-28-44(40)56)38-26-16-30-46-48(38)41-25-12-15-29-45(41)55(46)37-21-8-3-9-22-37/h1-33H. The molecular weight excluding hydrogens is 683 g/mol. The third-order valence-corrected chi connectivity index (χ3v) is 10.8. The van der Waals surface area contributed by atoms with Crippen molar-refractivity contribution in [1.82, 2.24) is 24.1 Å². The third kappa shape index (κ3) is 5.13. The highest BCUT2D eigenvalue weighted by Crippen LogP contribution is 2.42. The number of nitrogens with zero attached hydrogens (tertiary/aromatic N) is 5. The summed E-state index contributed by atoms with van der Waals surface area (Å²) < 4.78 is 4.75. The average molecular weight is 716 g/mol. The van der Waals surface area contributed by atoms with Crippen LogP contribution in [-0.2, 0) is 0 Å². The van der Waals surface area contributed by atoms with Crippen molar-refractivity contribution in [2.24, 2.45) is 0 Å². The second-order valence-corrected chi connectivity index (χ2v) is 14.0. The number of fused-ring (bicyclic) bond motifs is 6. The maximum Gasteiger partial charge on any atom is 0.166 e.